The van der Waals surface area contributed by atoms with Crippen LogP contribution in [0.4, 0.5) is 0 Å². The second-order valence-corrected chi connectivity index (χ2v) is 2.48. The van der Waals surface area contributed by atoms with Crippen LogP contribution in [-0.2, 0) is 0 Å². The van der Waals surface area contributed by atoms with Crippen LogP contribution in [0, 0.1) is 0 Å². The fourth-order valence-electron chi connectivity index (χ4n) is 0.362. The molecule has 0 atom stereocenters. The van der Waals surface area contributed by atoms with E-state index < -0.39 is 0 Å². The van der Waals surface area contributed by atoms with Gasteiger partial charge < -0.3 is 0 Å². The summed E-state index contributed by atoms with van der Waals surface area (Å²) in [6, 6.07) is 0. The molecule has 0 nitrogen and oxygen atoms in total. The highest BCUT2D eigenvalue weighted by molar-refractivity contribution is 14.1. The van der Waals surface area contributed by atoms with Crippen molar-refractivity contribution in [1.82, 2.24) is 0 Å². The van der Waals surface area contributed by atoms with E-state index in [0.717, 1.165) is 0 Å². The van der Waals surface area contributed by atoms with Gasteiger partial charge in [0.05, 0.1) is 0 Å². The molecule has 1 heteroatoms. The molecule has 0 aromatic heterocycles. The van der Waals surface area contributed by atoms with E-state index in [0.29, 0.717) is 0 Å². The molecule has 0 heterocycles. The Morgan fingerprint density at radius 1 is 1.57 bits per heavy atom. The molecule has 0 unspecified atom stereocenters. The first-order valence-corrected chi connectivity index (χ1v) is 4.11. The van der Waals surface area contributed by atoms with Crippen LogP contribution < -0.4 is 0 Å². The quantitative estimate of drug-likeness (QED) is 0.291. The smallest absolute Gasteiger partial charge is 0.000178 e. The molecule has 0 aliphatic rings. The highest BCUT2D eigenvalue weighted by Crippen LogP contribution is 1.94. The third-order valence-electron chi connectivity index (χ3n) is 0.740. The van der Waals surface area contributed by atoms with Crippen LogP contribution in [0.3, 0.4) is 0 Å². The van der Waals surface area contributed by atoms with E-state index >= 15 is 0 Å². The first-order valence-electron chi connectivity index (χ1n) is 2.59. The van der Waals surface area contributed by atoms with E-state index in [1.807, 2.05) is 0 Å². The third kappa shape index (κ3) is 6.47. The molecule has 0 N–H and O–H groups in total. The van der Waals surface area contributed by atoms with Crippen LogP contribution in [0.1, 0.15) is 19.8 Å². The Bertz CT molecular complexity index is 48.1. The fourth-order valence-corrected chi connectivity index (χ4v) is 0.802. The summed E-state index contributed by atoms with van der Waals surface area (Å²) in [5.41, 5.74) is 0. The van der Waals surface area contributed by atoms with Gasteiger partial charge in [-0.1, -0.05) is 34.7 Å². The average Bonchev–Trinajstić information content (AvgIpc) is 1.69. The minimum Gasteiger partial charge on any atom is -0.0917 e. The third-order valence-corrected chi connectivity index (χ3v) is 1.50. The summed E-state index contributed by atoms with van der Waals surface area (Å²) in [4.78, 5) is 0. The molecule has 0 saturated heterocycles. The Kier molecular flexibility index (Phi) is 6.90. The van der Waals surface area contributed by atoms with E-state index in [1.54, 1.807) is 0 Å². The van der Waals surface area contributed by atoms with Gasteiger partial charge in [-0.05, 0) is 24.2 Å². The molecule has 0 aromatic carbocycles. The van der Waals surface area contributed by atoms with Crippen LogP contribution in [0.5, 0.6) is 0 Å². The van der Waals surface area contributed by atoms with E-state index in [2.05, 4.69) is 41.7 Å². The minimum absolute atomic E-state index is 1.25. The zero-order valence-electron chi connectivity index (χ0n) is 4.65. The van der Waals surface area contributed by atoms with Gasteiger partial charge in [0.2, 0.25) is 0 Å². The van der Waals surface area contributed by atoms with Gasteiger partial charge in [-0.2, -0.15) is 0 Å². The Labute approximate surface area is 59.1 Å². The molecule has 0 bridgehead atoms. The molecule has 0 amide bonds. The summed E-state index contributed by atoms with van der Waals surface area (Å²) in [5.74, 6) is 0. The first-order chi connectivity index (χ1) is 3.41. The zero-order chi connectivity index (χ0) is 5.54. The molecule has 42 valence electrons. The number of hydrogen-bond donors (Lipinski definition) is 0. The SMILES string of the molecule is C/C=C/CCCI. The summed E-state index contributed by atoms with van der Waals surface area (Å²) in [6.07, 6.45) is 6.88. The molecule has 0 saturated carbocycles. The summed E-state index contributed by atoms with van der Waals surface area (Å²) in [7, 11) is 0. The summed E-state index contributed by atoms with van der Waals surface area (Å²) in [5, 5.41) is 0. The molecule has 0 aromatic rings. The number of hydrogen-bond acceptors (Lipinski definition) is 0. The largest absolute Gasteiger partial charge is 0.0917 e. The van der Waals surface area contributed by atoms with Gasteiger partial charge in [0.15, 0.2) is 0 Å². The molecule has 0 spiro atoms. The Hall–Kier alpha value is 0.470. The average molecular weight is 210 g/mol. The fraction of sp³-hybridized carbons (Fsp3) is 0.667. The zero-order valence-corrected chi connectivity index (χ0v) is 6.81. The van der Waals surface area contributed by atoms with Crippen molar-refractivity contribution in [1.29, 1.82) is 0 Å². The molecule has 0 rings (SSSR count). The van der Waals surface area contributed by atoms with Gasteiger partial charge >= 0.3 is 0 Å². The Morgan fingerprint density at radius 3 is 2.71 bits per heavy atom. The van der Waals surface area contributed by atoms with Crippen molar-refractivity contribution in [3.8, 4) is 0 Å². The van der Waals surface area contributed by atoms with Gasteiger partial charge in [-0.15, -0.1) is 0 Å². The van der Waals surface area contributed by atoms with Crippen molar-refractivity contribution >= 4 is 22.6 Å². The molecule has 7 heavy (non-hydrogen) atoms. The minimum atomic E-state index is 1.25. The number of halogens is 1. The second-order valence-electron chi connectivity index (χ2n) is 1.40. The maximum Gasteiger partial charge on any atom is -0.000178 e. The predicted octanol–water partition coefficient (Wildman–Crippen LogP) is 2.78. The van der Waals surface area contributed by atoms with Crippen molar-refractivity contribution in [2.45, 2.75) is 19.8 Å². The number of unbranched alkanes of at least 4 members (excludes halogenated alkanes) is 1. The number of rotatable bonds is 3. The van der Waals surface area contributed by atoms with Crippen molar-refractivity contribution in [2.24, 2.45) is 0 Å². The highest BCUT2D eigenvalue weighted by Gasteiger charge is 1.74. The lowest BCUT2D eigenvalue weighted by atomic mass is 10.3. The van der Waals surface area contributed by atoms with Crippen LogP contribution in [0.15, 0.2) is 12.2 Å². The van der Waals surface area contributed by atoms with Crippen LogP contribution >= 0.6 is 22.6 Å². The number of alkyl halides is 1. The van der Waals surface area contributed by atoms with E-state index in [-0.39, 0.29) is 0 Å². The summed E-state index contributed by atoms with van der Waals surface area (Å²) < 4.78 is 1.28. The lowest BCUT2D eigenvalue weighted by Crippen LogP contribution is -1.67. The van der Waals surface area contributed by atoms with Crippen molar-refractivity contribution < 1.29 is 0 Å². The first kappa shape index (κ1) is 7.47. The van der Waals surface area contributed by atoms with Gasteiger partial charge in [0, 0.05) is 0 Å². The van der Waals surface area contributed by atoms with Crippen molar-refractivity contribution in [2.75, 3.05) is 4.43 Å². The number of allylic oxidation sites excluding steroid dienone is 2. The normalized spacial score (nSPS) is 10.6. The van der Waals surface area contributed by atoms with Crippen molar-refractivity contribution in [3.63, 3.8) is 0 Å². The maximum atomic E-state index is 2.39. The lowest BCUT2D eigenvalue weighted by molar-refractivity contribution is 0.984. The van der Waals surface area contributed by atoms with Gasteiger partial charge in [-0.25, -0.2) is 0 Å². The molecular weight excluding hydrogens is 199 g/mol. The topological polar surface area (TPSA) is 0 Å². The monoisotopic (exact) mass is 210 g/mol. The standard InChI is InChI=1S/C6H11I/c1-2-3-4-5-6-7/h2-3H,4-6H2,1H3/b3-2+. The molecule has 0 aliphatic heterocycles. The molecule has 0 fully saturated rings. The highest BCUT2D eigenvalue weighted by atomic mass is 127. The van der Waals surface area contributed by atoms with Crippen LogP contribution in [0.2, 0.25) is 0 Å². The van der Waals surface area contributed by atoms with Gasteiger partial charge in [-0.3, -0.25) is 0 Å². The molecular formula is C6H11I. The predicted molar refractivity (Wildman–Crippen MR) is 42.9 cm³/mol. The summed E-state index contributed by atoms with van der Waals surface area (Å²) >= 11 is 2.39. The van der Waals surface area contributed by atoms with E-state index in [9.17, 15) is 0 Å². The Morgan fingerprint density at radius 2 is 2.29 bits per heavy atom. The van der Waals surface area contributed by atoms with Gasteiger partial charge in [0.25, 0.3) is 0 Å². The maximum absolute atomic E-state index is 2.39. The summed E-state index contributed by atoms with van der Waals surface area (Å²) in [6.45, 7) is 2.06. The van der Waals surface area contributed by atoms with E-state index in [4.69, 9.17) is 0 Å². The van der Waals surface area contributed by atoms with Crippen LogP contribution in [-0.4, -0.2) is 4.43 Å². The van der Waals surface area contributed by atoms with Gasteiger partial charge in [0.1, 0.15) is 0 Å². The van der Waals surface area contributed by atoms with Crippen molar-refractivity contribution in [3.05, 3.63) is 12.2 Å². The second kappa shape index (κ2) is 6.47. The van der Waals surface area contributed by atoms with E-state index in [1.165, 1.54) is 17.3 Å². The Balaban J connectivity index is 2.69. The molecule has 0 aliphatic carbocycles. The lowest BCUT2D eigenvalue weighted by Gasteiger charge is -1.82. The molecule has 0 radical (unpaired) electrons. The van der Waals surface area contributed by atoms with Crippen LogP contribution in [0.25, 0.3) is 0 Å².